The second kappa shape index (κ2) is 9.52. The molecule has 6 atom stereocenters. The number of likely N-dealkylation sites (tertiary alicyclic amines) is 1. The molecule has 36 heavy (non-hydrogen) atoms. The fourth-order valence-corrected chi connectivity index (χ4v) is 6.59. The van der Waals surface area contributed by atoms with Crippen LogP contribution in [0.5, 0.6) is 5.75 Å². The van der Waals surface area contributed by atoms with E-state index in [1.165, 1.54) is 9.80 Å². The summed E-state index contributed by atoms with van der Waals surface area (Å²) in [4.78, 5) is 43.7. The molecule has 1 aromatic carbocycles. The zero-order chi connectivity index (χ0) is 26.4. The van der Waals surface area contributed by atoms with Crippen molar-refractivity contribution >= 4 is 23.5 Å². The standard InChI is InChI=1S/C27H36N2O7/c1-6-13-28(17-7-9-19(35-5)10-8-17)24(32)22-27-12-11-26(4,36-27)21(25(33)34)20(27)23(31)29(22)18(15-30)14-16(2)3/h6-10,16,18,20-22,30H,1,11-15H2,2-5H3,(H,33,34)/t18-,20+,21+,22?,26-,27?/m1/s1. The summed E-state index contributed by atoms with van der Waals surface area (Å²) in [7, 11) is 1.56. The number of amides is 2. The zero-order valence-corrected chi connectivity index (χ0v) is 21.3. The molecule has 3 heterocycles. The van der Waals surface area contributed by atoms with Crippen LogP contribution in [0.2, 0.25) is 0 Å². The Morgan fingerprint density at radius 2 is 1.97 bits per heavy atom. The number of hydrogen-bond donors (Lipinski definition) is 2. The number of carbonyl (C=O) groups excluding carboxylic acids is 2. The van der Waals surface area contributed by atoms with E-state index in [1.54, 1.807) is 44.4 Å². The largest absolute Gasteiger partial charge is 0.497 e. The minimum absolute atomic E-state index is 0.138. The number of carboxylic acids is 1. The summed E-state index contributed by atoms with van der Waals surface area (Å²) in [6.07, 6.45) is 2.89. The van der Waals surface area contributed by atoms with E-state index < -0.39 is 47.0 Å². The number of carbonyl (C=O) groups is 3. The summed E-state index contributed by atoms with van der Waals surface area (Å²) in [6.45, 7) is 9.32. The average Bonchev–Trinajstić information content (AvgIpc) is 3.41. The lowest BCUT2D eigenvalue weighted by atomic mass is 9.66. The number of benzene rings is 1. The second-order valence-electron chi connectivity index (χ2n) is 10.7. The van der Waals surface area contributed by atoms with Gasteiger partial charge in [-0.25, -0.2) is 0 Å². The van der Waals surface area contributed by atoms with Crippen molar-refractivity contribution in [1.29, 1.82) is 0 Å². The Labute approximate surface area is 211 Å². The van der Waals surface area contributed by atoms with Crippen molar-refractivity contribution in [2.45, 2.75) is 63.3 Å². The van der Waals surface area contributed by atoms with E-state index >= 15 is 0 Å². The number of carboxylic acid groups (broad SMARTS) is 1. The van der Waals surface area contributed by atoms with Crippen LogP contribution in [0, 0.1) is 17.8 Å². The molecule has 2 N–H and O–H groups in total. The highest BCUT2D eigenvalue weighted by molar-refractivity contribution is 6.05. The van der Waals surface area contributed by atoms with Crippen LogP contribution in [0.3, 0.4) is 0 Å². The first kappa shape index (κ1) is 26.2. The third-order valence-corrected chi connectivity index (χ3v) is 8.02. The van der Waals surface area contributed by atoms with Gasteiger partial charge in [0, 0.05) is 12.2 Å². The van der Waals surface area contributed by atoms with Gasteiger partial charge in [-0.2, -0.15) is 0 Å². The highest BCUT2D eigenvalue weighted by Gasteiger charge is 2.78. The molecule has 0 aliphatic carbocycles. The molecular weight excluding hydrogens is 464 g/mol. The second-order valence-corrected chi connectivity index (χ2v) is 10.7. The van der Waals surface area contributed by atoms with Crippen LogP contribution in [0.15, 0.2) is 36.9 Å². The first-order valence-electron chi connectivity index (χ1n) is 12.5. The number of nitrogens with zero attached hydrogens (tertiary/aromatic N) is 2. The van der Waals surface area contributed by atoms with Crippen LogP contribution in [0.25, 0.3) is 0 Å². The molecule has 2 bridgehead atoms. The molecule has 1 aromatic rings. The molecule has 196 valence electrons. The predicted molar refractivity (Wildman–Crippen MR) is 133 cm³/mol. The molecule has 3 saturated heterocycles. The highest BCUT2D eigenvalue weighted by Crippen LogP contribution is 2.63. The summed E-state index contributed by atoms with van der Waals surface area (Å²) in [5.74, 6) is -3.21. The van der Waals surface area contributed by atoms with E-state index in [-0.39, 0.29) is 25.0 Å². The molecule has 3 aliphatic heterocycles. The Bertz CT molecular complexity index is 1040. The van der Waals surface area contributed by atoms with Gasteiger partial charge >= 0.3 is 5.97 Å². The van der Waals surface area contributed by atoms with Crippen molar-refractivity contribution < 1.29 is 34.1 Å². The van der Waals surface area contributed by atoms with Crippen LogP contribution < -0.4 is 9.64 Å². The average molecular weight is 501 g/mol. The van der Waals surface area contributed by atoms with Crippen LogP contribution in [-0.2, 0) is 19.1 Å². The van der Waals surface area contributed by atoms with Gasteiger partial charge in [0.05, 0.1) is 37.2 Å². The molecule has 3 aliphatic rings. The van der Waals surface area contributed by atoms with Crippen molar-refractivity contribution in [3.8, 4) is 5.75 Å². The van der Waals surface area contributed by atoms with Crippen molar-refractivity contribution in [3.05, 3.63) is 36.9 Å². The monoisotopic (exact) mass is 500 g/mol. The van der Waals surface area contributed by atoms with Crippen LogP contribution in [-0.4, -0.2) is 76.4 Å². The Balaban J connectivity index is 1.84. The number of fused-ring (bicyclic) bond motifs is 1. The number of hydrogen-bond acceptors (Lipinski definition) is 6. The lowest BCUT2D eigenvalue weighted by Crippen LogP contribution is -2.59. The van der Waals surface area contributed by atoms with Crippen molar-refractivity contribution in [1.82, 2.24) is 4.90 Å². The van der Waals surface area contributed by atoms with Crippen molar-refractivity contribution in [2.75, 3.05) is 25.2 Å². The maximum atomic E-state index is 14.4. The molecule has 0 radical (unpaired) electrons. The topological polar surface area (TPSA) is 117 Å². The number of anilines is 1. The first-order chi connectivity index (χ1) is 17.0. The van der Waals surface area contributed by atoms with Crippen molar-refractivity contribution in [3.63, 3.8) is 0 Å². The smallest absolute Gasteiger partial charge is 0.310 e. The highest BCUT2D eigenvalue weighted by atomic mass is 16.5. The summed E-state index contributed by atoms with van der Waals surface area (Å²) < 4.78 is 11.7. The predicted octanol–water partition coefficient (Wildman–Crippen LogP) is 2.47. The number of rotatable bonds is 10. The van der Waals surface area contributed by atoms with Gasteiger partial charge in [-0.1, -0.05) is 19.9 Å². The zero-order valence-electron chi connectivity index (χ0n) is 21.3. The van der Waals surface area contributed by atoms with E-state index in [0.29, 0.717) is 30.7 Å². The fraction of sp³-hybridized carbons (Fsp3) is 0.593. The lowest BCUT2D eigenvalue weighted by molar-refractivity contribution is -0.156. The maximum Gasteiger partial charge on any atom is 0.310 e. The van der Waals surface area contributed by atoms with Crippen molar-refractivity contribution in [2.24, 2.45) is 17.8 Å². The number of aliphatic hydroxyl groups excluding tert-OH is 1. The Kier molecular flexibility index (Phi) is 6.92. The molecule has 2 amide bonds. The van der Waals surface area contributed by atoms with E-state index in [2.05, 4.69) is 6.58 Å². The van der Waals surface area contributed by atoms with Gasteiger partial charge in [0.15, 0.2) is 0 Å². The van der Waals surface area contributed by atoms with E-state index in [0.717, 1.165) is 0 Å². The van der Waals surface area contributed by atoms with E-state index in [4.69, 9.17) is 9.47 Å². The summed E-state index contributed by atoms with van der Waals surface area (Å²) in [5.41, 5.74) is -1.72. The van der Waals surface area contributed by atoms with Gasteiger partial charge < -0.3 is 29.5 Å². The van der Waals surface area contributed by atoms with Gasteiger partial charge in [0.1, 0.15) is 17.4 Å². The number of methoxy groups -OCH3 is 1. The first-order valence-corrected chi connectivity index (χ1v) is 12.5. The molecule has 9 nitrogen and oxygen atoms in total. The molecule has 0 saturated carbocycles. The van der Waals surface area contributed by atoms with Gasteiger partial charge in [0.2, 0.25) is 5.91 Å². The number of aliphatic carboxylic acids is 1. The van der Waals surface area contributed by atoms with E-state index in [9.17, 15) is 24.6 Å². The third kappa shape index (κ3) is 3.89. The fourth-order valence-electron chi connectivity index (χ4n) is 6.59. The Hall–Kier alpha value is -2.91. The Morgan fingerprint density at radius 1 is 1.31 bits per heavy atom. The van der Waals surface area contributed by atoms with E-state index in [1.807, 2.05) is 13.8 Å². The number of ether oxygens (including phenoxy) is 2. The normalized spacial score (nSPS) is 31.4. The van der Waals surface area contributed by atoms with Crippen LogP contribution >= 0.6 is 0 Å². The van der Waals surface area contributed by atoms with Gasteiger partial charge in [-0.15, -0.1) is 6.58 Å². The Morgan fingerprint density at radius 3 is 2.50 bits per heavy atom. The minimum Gasteiger partial charge on any atom is -0.497 e. The summed E-state index contributed by atoms with van der Waals surface area (Å²) >= 11 is 0. The quantitative estimate of drug-likeness (QED) is 0.474. The van der Waals surface area contributed by atoms with Crippen LogP contribution in [0.4, 0.5) is 5.69 Å². The minimum atomic E-state index is -1.28. The molecule has 9 heteroatoms. The van der Waals surface area contributed by atoms with Gasteiger partial charge in [0.25, 0.3) is 5.91 Å². The SMILES string of the molecule is C=CCN(C(=O)C1N([C@@H](CO)CC(C)C)C(=O)[C@@H]2[C@@H](C(=O)O)[C@@]3(C)CCC12O3)c1ccc(OC)cc1. The summed E-state index contributed by atoms with van der Waals surface area (Å²) in [5, 5.41) is 20.4. The molecule has 1 spiro atoms. The third-order valence-electron chi connectivity index (χ3n) is 8.02. The number of aliphatic hydroxyl groups is 1. The summed E-state index contributed by atoms with van der Waals surface area (Å²) in [6, 6.07) is 5.28. The molecule has 0 aromatic heterocycles. The molecule has 4 rings (SSSR count). The lowest BCUT2D eigenvalue weighted by Gasteiger charge is -2.40. The van der Waals surface area contributed by atoms with Gasteiger partial charge in [-0.3, -0.25) is 14.4 Å². The van der Waals surface area contributed by atoms with Gasteiger partial charge in [-0.05, 0) is 56.4 Å². The molecular formula is C27H36N2O7. The van der Waals surface area contributed by atoms with Crippen LogP contribution in [0.1, 0.15) is 40.0 Å². The maximum absolute atomic E-state index is 14.4. The molecule has 3 fully saturated rings. The molecule has 2 unspecified atom stereocenters.